The average Bonchev–Trinajstić information content (AvgIpc) is 2.29. The van der Waals surface area contributed by atoms with E-state index in [4.69, 9.17) is 4.74 Å². The molecule has 0 aliphatic heterocycles. The molecule has 0 saturated heterocycles. The lowest BCUT2D eigenvalue weighted by molar-refractivity contribution is 0.130. The zero-order valence-corrected chi connectivity index (χ0v) is 12.5. The molecule has 1 heterocycles. The van der Waals surface area contributed by atoms with E-state index in [1.165, 1.54) is 12.4 Å². The van der Waals surface area contributed by atoms with Crippen molar-refractivity contribution in [2.75, 3.05) is 0 Å². The third-order valence-electron chi connectivity index (χ3n) is 2.86. The summed E-state index contributed by atoms with van der Waals surface area (Å²) in [5, 5.41) is 0. The predicted molar refractivity (Wildman–Crippen MR) is 77.3 cm³/mol. The molecule has 0 aliphatic rings. The number of benzene rings is 1. The van der Waals surface area contributed by atoms with Crippen LogP contribution in [0.15, 0.2) is 24.5 Å². The molecule has 4 heteroatoms. The van der Waals surface area contributed by atoms with Crippen molar-refractivity contribution in [2.45, 2.75) is 40.2 Å². The Balaban J connectivity index is 2.45. The van der Waals surface area contributed by atoms with Crippen LogP contribution in [-0.2, 0) is 0 Å². The smallest absolute Gasteiger partial charge is 0.134 e. The predicted octanol–water partition coefficient (Wildman–Crippen LogP) is 4.08. The molecular weight excluding hydrogens is 255 g/mol. The van der Waals surface area contributed by atoms with Crippen molar-refractivity contribution >= 4 is 0 Å². The van der Waals surface area contributed by atoms with Crippen LogP contribution in [0.3, 0.4) is 0 Å². The molecule has 0 fully saturated rings. The Morgan fingerprint density at radius 3 is 2.15 bits per heavy atom. The quantitative estimate of drug-likeness (QED) is 0.827. The van der Waals surface area contributed by atoms with Gasteiger partial charge in [0.15, 0.2) is 0 Å². The Hall–Kier alpha value is -1.97. The molecule has 0 N–H and O–H groups in total. The molecule has 0 atom stereocenters. The van der Waals surface area contributed by atoms with E-state index >= 15 is 0 Å². The maximum atomic E-state index is 14.3. The van der Waals surface area contributed by atoms with Crippen LogP contribution in [0.2, 0.25) is 0 Å². The first-order valence-electron chi connectivity index (χ1n) is 6.55. The van der Waals surface area contributed by atoms with E-state index < -0.39 is 0 Å². The Labute approximate surface area is 118 Å². The first-order valence-corrected chi connectivity index (χ1v) is 6.55. The first kappa shape index (κ1) is 14.4. The third-order valence-corrected chi connectivity index (χ3v) is 2.86. The van der Waals surface area contributed by atoms with Crippen LogP contribution in [0.4, 0.5) is 4.39 Å². The average molecular weight is 274 g/mol. The van der Waals surface area contributed by atoms with Gasteiger partial charge in [-0.3, -0.25) is 0 Å². The Bertz CT molecular complexity index is 613. The number of aryl methyl sites for hydroxylation is 2. The minimum atomic E-state index is -0.352. The number of nitrogens with zero attached hydrogens (tertiary/aromatic N) is 2. The minimum Gasteiger partial charge on any atom is -0.488 e. The van der Waals surface area contributed by atoms with E-state index in [-0.39, 0.29) is 11.4 Å². The summed E-state index contributed by atoms with van der Waals surface area (Å²) in [6.07, 6.45) is 1.49. The van der Waals surface area contributed by atoms with Crippen molar-refractivity contribution < 1.29 is 9.13 Å². The van der Waals surface area contributed by atoms with Crippen molar-refractivity contribution in [1.29, 1.82) is 0 Å². The molecule has 0 bridgehead atoms. The zero-order valence-electron chi connectivity index (χ0n) is 12.5. The summed E-state index contributed by atoms with van der Waals surface area (Å²) in [5.41, 5.74) is 2.42. The van der Waals surface area contributed by atoms with E-state index in [1.54, 1.807) is 12.1 Å². The van der Waals surface area contributed by atoms with Gasteiger partial charge in [-0.05, 0) is 46.8 Å². The zero-order chi connectivity index (χ0) is 14.9. The molecule has 1 aromatic carbocycles. The lowest BCUT2D eigenvalue weighted by Gasteiger charge is -2.21. The van der Waals surface area contributed by atoms with Crippen LogP contribution in [0.1, 0.15) is 32.2 Å². The molecule has 1 aromatic heterocycles. The van der Waals surface area contributed by atoms with Crippen LogP contribution in [0.5, 0.6) is 5.75 Å². The summed E-state index contributed by atoms with van der Waals surface area (Å²) in [6, 6.07) is 4.90. The van der Waals surface area contributed by atoms with Crippen LogP contribution in [-0.4, -0.2) is 15.6 Å². The summed E-state index contributed by atoms with van der Waals surface area (Å²) in [4.78, 5) is 8.26. The van der Waals surface area contributed by atoms with Crippen LogP contribution < -0.4 is 4.74 Å². The summed E-state index contributed by atoms with van der Waals surface area (Å²) in [7, 11) is 0. The number of ether oxygens (including phenoxy) is 1. The fourth-order valence-electron chi connectivity index (χ4n) is 2.10. The van der Waals surface area contributed by atoms with E-state index in [0.29, 0.717) is 11.3 Å². The molecule has 2 rings (SSSR count). The van der Waals surface area contributed by atoms with Gasteiger partial charge >= 0.3 is 0 Å². The normalized spacial score (nSPS) is 11.5. The molecule has 0 amide bonds. The Morgan fingerprint density at radius 2 is 1.65 bits per heavy atom. The van der Waals surface area contributed by atoms with Gasteiger partial charge in [0.05, 0.1) is 0 Å². The van der Waals surface area contributed by atoms with Crippen LogP contribution in [0.25, 0.3) is 11.1 Å². The Kier molecular flexibility index (Phi) is 3.75. The molecule has 0 unspecified atom stereocenters. The topological polar surface area (TPSA) is 35.0 Å². The van der Waals surface area contributed by atoms with Gasteiger partial charge in [0, 0.05) is 28.6 Å². The maximum absolute atomic E-state index is 14.3. The van der Waals surface area contributed by atoms with Crippen molar-refractivity contribution in [3.05, 3.63) is 41.7 Å². The fraction of sp³-hybridized carbons (Fsp3) is 0.375. The highest BCUT2D eigenvalue weighted by Crippen LogP contribution is 2.30. The number of halogens is 1. The van der Waals surface area contributed by atoms with E-state index in [0.717, 1.165) is 17.0 Å². The molecule has 0 aliphatic carbocycles. The molecular formula is C16H19FN2O. The van der Waals surface area contributed by atoms with E-state index in [9.17, 15) is 4.39 Å². The molecule has 0 saturated carbocycles. The van der Waals surface area contributed by atoms with Gasteiger partial charge in [-0.2, -0.15) is 0 Å². The highest BCUT2D eigenvalue weighted by Gasteiger charge is 2.16. The summed E-state index contributed by atoms with van der Waals surface area (Å²) >= 11 is 0. The highest BCUT2D eigenvalue weighted by atomic mass is 19.1. The summed E-state index contributed by atoms with van der Waals surface area (Å²) in [6.45, 7) is 9.49. The van der Waals surface area contributed by atoms with Crippen molar-refractivity contribution in [3.8, 4) is 16.9 Å². The Morgan fingerprint density at radius 1 is 1.05 bits per heavy atom. The SMILES string of the molecule is Cc1ncnc(C)c1-c1ccc(OC(C)(C)C)cc1F. The molecule has 2 aromatic rings. The van der Waals surface area contributed by atoms with Gasteiger partial charge in [-0.15, -0.1) is 0 Å². The number of rotatable bonds is 2. The minimum absolute atomic E-state index is 0.326. The summed E-state index contributed by atoms with van der Waals surface area (Å²) in [5.74, 6) is 0.193. The van der Waals surface area contributed by atoms with Crippen LogP contribution in [0, 0.1) is 19.7 Å². The van der Waals surface area contributed by atoms with Gasteiger partial charge < -0.3 is 4.74 Å². The third kappa shape index (κ3) is 3.13. The molecule has 3 nitrogen and oxygen atoms in total. The monoisotopic (exact) mass is 274 g/mol. The van der Waals surface area contributed by atoms with Gasteiger partial charge in [0.2, 0.25) is 0 Å². The van der Waals surface area contributed by atoms with Crippen molar-refractivity contribution in [2.24, 2.45) is 0 Å². The van der Waals surface area contributed by atoms with Gasteiger partial charge in [-0.25, -0.2) is 14.4 Å². The van der Waals surface area contributed by atoms with E-state index in [2.05, 4.69) is 9.97 Å². The van der Waals surface area contributed by atoms with Gasteiger partial charge in [-0.1, -0.05) is 0 Å². The van der Waals surface area contributed by atoms with Crippen molar-refractivity contribution in [1.82, 2.24) is 9.97 Å². The second-order valence-corrected chi connectivity index (χ2v) is 5.78. The second-order valence-electron chi connectivity index (χ2n) is 5.78. The molecule has 0 radical (unpaired) electrons. The largest absolute Gasteiger partial charge is 0.488 e. The molecule has 20 heavy (non-hydrogen) atoms. The standard InChI is InChI=1S/C16H19FN2O/c1-10-15(11(2)19-9-18-10)13-7-6-12(8-14(13)17)20-16(3,4)5/h6-9H,1-5H3. The van der Waals surface area contributed by atoms with Gasteiger partial charge in [0.1, 0.15) is 23.5 Å². The number of hydrogen-bond acceptors (Lipinski definition) is 3. The molecule has 106 valence electrons. The lowest BCUT2D eigenvalue weighted by Crippen LogP contribution is -2.23. The van der Waals surface area contributed by atoms with E-state index in [1.807, 2.05) is 34.6 Å². The lowest BCUT2D eigenvalue weighted by atomic mass is 10.0. The number of hydrogen-bond donors (Lipinski definition) is 0. The van der Waals surface area contributed by atoms with Crippen LogP contribution >= 0.6 is 0 Å². The van der Waals surface area contributed by atoms with Crippen molar-refractivity contribution in [3.63, 3.8) is 0 Å². The number of aromatic nitrogens is 2. The first-order chi connectivity index (χ1) is 9.28. The summed E-state index contributed by atoms with van der Waals surface area (Å²) < 4.78 is 20.0. The highest BCUT2D eigenvalue weighted by molar-refractivity contribution is 5.69. The van der Waals surface area contributed by atoms with Gasteiger partial charge in [0.25, 0.3) is 0 Å². The second kappa shape index (κ2) is 5.19. The maximum Gasteiger partial charge on any atom is 0.134 e. The molecule has 0 spiro atoms. The fourth-order valence-corrected chi connectivity index (χ4v) is 2.10.